The Morgan fingerprint density at radius 1 is 1.12 bits per heavy atom. The molecular weight excluding hydrogens is 213 g/mol. The average Bonchev–Trinajstić information content (AvgIpc) is 2.67. The molecule has 1 aliphatic rings. The van der Waals surface area contributed by atoms with E-state index in [2.05, 4.69) is 0 Å². The summed E-state index contributed by atoms with van der Waals surface area (Å²) in [6.45, 7) is 1.54. The van der Waals surface area contributed by atoms with Gasteiger partial charge in [-0.2, -0.15) is 13.2 Å². The fourth-order valence-electron chi connectivity index (χ4n) is 2.65. The van der Waals surface area contributed by atoms with Gasteiger partial charge >= 0.3 is 6.18 Å². The molecule has 2 rings (SSSR count). The van der Waals surface area contributed by atoms with Crippen LogP contribution in [0.5, 0.6) is 0 Å². The monoisotopic (exact) mass is 228 g/mol. The normalized spacial score (nSPS) is 18.0. The fourth-order valence-corrected chi connectivity index (χ4v) is 2.65. The van der Waals surface area contributed by atoms with Gasteiger partial charge in [0.15, 0.2) is 0 Å². The van der Waals surface area contributed by atoms with E-state index < -0.39 is 11.7 Å². The first-order valence-electron chi connectivity index (χ1n) is 5.67. The van der Waals surface area contributed by atoms with E-state index >= 15 is 0 Å². The summed E-state index contributed by atoms with van der Waals surface area (Å²) in [6.07, 6.45) is -0.325. The van der Waals surface area contributed by atoms with Crippen LogP contribution in [0.1, 0.15) is 48.3 Å². The number of halogens is 3. The third kappa shape index (κ3) is 2.08. The van der Waals surface area contributed by atoms with Gasteiger partial charge in [0, 0.05) is 0 Å². The van der Waals surface area contributed by atoms with Crippen LogP contribution < -0.4 is 0 Å². The number of hydrogen-bond acceptors (Lipinski definition) is 0. The molecule has 0 spiro atoms. The summed E-state index contributed by atoms with van der Waals surface area (Å²) in [5.41, 5.74) is 0.448. The second-order valence-electron chi connectivity index (χ2n) is 4.52. The summed E-state index contributed by atoms with van der Waals surface area (Å²) in [5, 5.41) is 0. The maximum Gasteiger partial charge on any atom is 0.416 e. The Kier molecular flexibility index (Phi) is 2.96. The Morgan fingerprint density at radius 3 is 2.31 bits per heavy atom. The largest absolute Gasteiger partial charge is 0.416 e. The van der Waals surface area contributed by atoms with Crippen molar-refractivity contribution in [3.05, 3.63) is 34.9 Å². The highest BCUT2D eigenvalue weighted by atomic mass is 19.4. The molecule has 1 aliphatic carbocycles. The zero-order valence-electron chi connectivity index (χ0n) is 9.27. The molecule has 88 valence electrons. The molecule has 1 saturated carbocycles. The van der Waals surface area contributed by atoms with Gasteiger partial charge in [-0.25, -0.2) is 0 Å². The zero-order chi connectivity index (χ0) is 11.8. The van der Waals surface area contributed by atoms with Crippen LogP contribution in [0.25, 0.3) is 0 Å². The van der Waals surface area contributed by atoms with Crippen LogP contribution in [0.4, 0.5) is 13.2 Å². The van der Waals surface area contributed by atoms with Crippen molar-refractivity contribution < 1.29 is 13.2 Å². The smallest absolute Gasteiger partial charge is 0.166 e. The van der Waals surface area contributed by atoms with Crippen molar-refractivity contribution in [2.24, 2.45) is 0 Å². The highest BCUT2D eigenvalue weighted by Gasteiger charge is 2.37. The van der Waals surface area contributed by atoms with Gasteiger partial charge in [-0.1, -0.05) is 31.0 Å². The molecule has 0 amide bonds. The fraction of sp³-hybridized carbons (Fsp3) is 0.538. The van der Waals surface area contributed by atoms with E-state index in [1.54, 1.807) is 25.1 Å². The molecule has 0 nitrogen and oxygen atoms in total. The van der Waals surface area contributed by atoms with Gasteiger partial charge in [0.05, 0.1) is 5.56 Å². The summed E-state index contributed by atoms with van der Waals surface area (Å²) >= 11 is 0. The van der Waals surface area contributed by atoms with E-state index in [-0.39, 0.29) is 5.92 Å². The average molecular weight is 228 g/mol. The van der Waals surface area contributed by atoms with Gasteiger partial charge in [0.1, 0.15) is 0 Å². The highest BCUT2D eigenvalue weighted by molar-refractivity contribution is 5.39. The number of hydrogen-bond donors (Lipinski definition) is 0. The standard InChI is InChI=1S/C13H15F3/c1-9-5-4-8-11(10-6-2-3-7-10)12(9)13(14,15)16/h4-5,8,10H,2-3,6-7H2,1H3. The Balaban J connectivity index is 2.47. The first kappa shape index (κ1) is 11.5. The summed E-state index contributed by atoms with van der Waals surface area (Å²) in [4.78, 5) is 0. The summed E-state index contributed by atoms with van der Waals surface area (Å²) < 4.78 is 38.9. The molecule has 0 atom stereocenters. The van der Waals surface area contributed by atoms with Gasteiger partial charge in [-0.15, -0.1) is 0 Å². The van der Waals surface area contributed by atoms with Crippen molar-refractivity contribution >= 4 is 0 Å². The van der Waals surface area contributed by atoms with Crippen LogP contribution in [0, 0.1) is 6.92 Å². The molecule has 0 bridgehead atoms. The number of benzene rings is 1. The summed E-state index contributed by atoms with van der Waals surface area (Å²) in [5.74, 6) is 0.108. The predicted octanol–water partition coefficient (Wildman–Crippen LogP) is 4.67. The van der Waals surface area contributed by atoms with Gasteiger partial charge < -0.3 is 0 Å². The van der Waals surface area contributed by atoms with Gasteiger partial charge in [-0.3, -0.25) is 0 Å². The number of aryl methyl sites for hydroxylation is 1. The summed E-state index contributed by atoms with van der Waals surface area (Å²) in [7, 11) is 0. The lowest BCUT2D eigenvalue weighted by Gasteiger charge is -2.19. The van der Waals surface area contributed by atoms with Crippen molar-refractivity contribution in [1.82, 2.24) is 0 Å². The molecule has 0 N–H and O–H groups in total. The van der Waals surface area contributed by atoms with E-state index in [1.165, 1.54) is 0 Å². The Labute approximate surface area is 93.5 Å². The lowest BCUT2D eigenvalue weighted by molar-refractivity contribution is -0.138. The van der Waals surface area contributed by atoms with Crippen LogP contribution in [0.3, 0.4) is 0 Å². The molecule has 0 aromatic heterocycles. The van der Waals surface area contributed by atoms with Crippen LogP contribution in [0.15, 0.2) is 18.2 Å². The van der Waals surface area contributed by atoms with Crippen LogP contribution in [0.2, 0.25) is 0 Å². The van der Waals surface area contributed by atoms with Crippen molar-refractivity contribution in [2.45, 2.75) is 44.7 Å². The van der Waals surface area contributed by atoms with E-state index in [0.717, 1.165) is 25.7 Å². The van der Waals surface area contributed by atoms with E-state index in [9.17, 15) is 13.2 Å². The minimum atomic E-state index is -4.22. The zero-order valence-corrected chi connectivity index (χ0v) is 9.27. The Hall–Kier alpha value is -0.990. The minimum Gasteiger partial charge on any atom is -0.166 e. The Bertz CT molecular complexity index is 373. The lowest BCUT2D eigenvalue weighted by atomic mass is 9.90. The highest BCUT2D eigenvalue weighted by Crippen LogP contribution is 2.42. The van der Waals surface area contributed by atoms with Gasteiger partial charge in [0.2, 0.25) is 0 Å². The quantitative estimate of drug-likeness (QED) is 0.655. The van der Waals surface area contributed by atoms with Gasteiger partial charge in [0.25, 0.3) is 0 Å². The molecule has 16 heavy (non-hydrogen) atoms. The number of rotatable bonds is 1. The first-order chi connectivity index (χ1) is 7.50. The molecule has 0 aliphatic heterocycles. The molecule has 0 unspecified atom stereocenters. The van der Waals surface area contributed by atoms with Crippen molar-refractivity contribution in [3.63, 3.8) is 0 Å². The molecule has 1 aromatic carbocycles. The molecule has 1 aromatic rings. The molecular formula is C13H15F3. The molecule has 0 saturated heterocycles. The van der Waals surface area contributed by atoms with E-state index in [1.807, 2.05) is 0 Å². The van der Waals surface area contributed by atoms with Crippen LogP contribution in [-0.4, -0.2) is 0 Å². The van der Waals surface area contributed by atoms with Crippen molar-refractivity contribution in [3.8, 4) is 0 Å². The molecule has 0 radical (unpaired) electrons. The van der Waals surface area contributed by atoms with E-state index in [4.69, 9.17) is 0 Å². The molecule has 1 fully saturated rings. The van der Waals surface area contributed by atoms with Gasteiger partial charge in [-0.05, 0) is 36.8 Å². The maximum absolute atomic E-state index is 13.0. The van der Waals surface area contributed by atoms with Crippen LogP contribution in [-0.2, 0) is 6.18 Å². The molecule has 3 heteroatoms. The minimum absolute atomic E-state index is 0.108. The Morgan fingerprint density at radius 2 is 1.75 bits per heavy atom. The predicted molar refractivity (Wildman–Crippen MR) is 57.4 cm³/mol. The summed E-state index contributed by atoms with van der Waals surface area (Å²) in [6, 6.07) is 4.92. The third-order valence-corrected chi connectivity index (χ3v) is 3.38. The molecule has 0 heterocycles. The SMILES string of the molecule is Cc1cccc(C2CCCC2)c1C(F)(F)F. The first-order valence-corrected chi connectivity index (χ1v) is 5.67. The number of alkyl halides is 3. The second-order valence-corrected chi connectivity index (χ2v) is 4.52. The van der Waals surface area contributed by atoms with Crippen molar-refractivity contribution in [1.29, 1.82) is 0 Å². The third-order valence-electron chi connectivity index (χ3n) is 3.38. The van der Waals surface area contributed by atoms with Crippen molar-refractivity contribution in [2.75, 3.05) is 0 Å². The second kappa shape index (κ2) is 4.11. The van der Waals surface area contributed by atoms with E-state index in [0.29, 0.717) is 11.1 Å². The van der Waals surface area contributed by atoms with Crippen LogP contribution >= 0.6 is 0 Å². The maximum atomic E-state index is 13.0. The lowest BCUT2D eigenvalue weighted by Crippen LogP contribution is -2.13. The topological polar surface area (TPSA) is 0 Å².